The topological polar surface area (TPSA) is 92.5 Å². The fourth-order valence-electron chi connectivity index (χ4n) is 2.76. The zero-order valence-electron chi connectivity index (χ0n) is 15.6. The lowest BCUT2D eigenvalue weighted by atomic mass is 10.2. The van der Waals surface area contributed by atoms with Crippen LogP contribution in [0.1, 0.15) is 17.4 Å². The Hall–Kier alpha value is -3.19. The van der Waals surface area contributed by atoms with Gasteiger partial charge in [-0.2, -0.15) is 0 Å². The lowest BCUT2D eigenvalue weighted by molar-refractivity contribution is -0.117. The van der Waals surface area contributed by atoms with Gasteiger partial charge in [0.05, 0.1) is 19.2 Å². The molecule has 3 rings (SSSR count). The second-order valence-corrected chi connectivity index (χ2v) is 6.55. The van der Waals surface area contributed by atoms with Gasteiger partial charge in [-0.1, -0.05) is 17.7 Å². The molecule has 1 heterocycles. The van der Waals surface area contributed by atoms with Gasteiger partial charge < -0.3 is 25.1 Å². The van der Waals surface area contributed by atoms with E-state index in [1.807, 2.05) is 18.2 Å². The van der Waals surface area contributed by atoms with Crippen LogP contribution in [0.25, 0.3) is 10.9 Å². The van der Waals surface area contributed by atoms with Gasteiger partial charge in [0, 0.05) is 16.6 Å². The summed E-state index contributed by atoms with van der Waals surface area (Å²) in [5.41, 5.74) is 1.62. The third-order valence-electron chi connectivity index (χ3n) is 4.25. The smallest absolute Gasteiger partial charge is 0.268 e. The summed E-state index contributed by atoms with van der Waals surface area (Å²) < 4.78 is 10.4. The zero-order valence-corrected chi connectivity index (χ0v) is 16.4. The molecule has 0 bridgehead atoms. The number of carbonyl (C=O) groups is 2. The number of hydrogen-bond donors (Lipinski definition) is 3. The lowest BCUT2D eigenvalue weighted by Crippen LogP contribution is -2.41. The number of fused-ring (bicyclic) bond motifs is 1. The molecule has 1 aromatic heterocycles. The van der Waals surface area contributed by atoms with Crippen molar-refractivity contribution in [3.63, 3.8) is 0 Å². The molecule has 146 valence electrons. The van der Waals surface area contributed by atoms with E-state index in [2.05, 4.69) is 15.6 Å². The summed E-state index contributed by atoms with van der Waals surface area (Å²) in [6.45, 7) is 1.60. The van der Waals surface area contributed by atoms with Crippen LogP contribution in [0.3, 0.4) is 0 Å². The van der Waals surface area contributed by atoms with Crippen molar-refractivity contribution in [3.05, 3.63) is 53.2 Å². The Bertz CT molecular complexity index is 1030. The van der Waals surface area contributed by atoms with Crippen LogP contribution in [-0.2, 0) is 4.79 Å². The number of amides is 2. The summed E-state index contributed by atoms with van der Waals surface area (Å²) >= 11 is 6.06. The molecule has 3 N–H and O–H groups in total. The van der Waals surface area contributed by atoms with E-state index in [1.165, 1.54) is 7.11 Å². The Morgan fingerprint density at radius 1 is 1.07 bits per heavy atom. The van der Waals surface area contributed by atoms with Crippen molar-refractivity contribution in [2.24, 2.45) is 0 Å². The molecule has 0 spiro atoms. The Morgan fingerprint density at radius 3 is 2.50 bits per heavy atom. The second kappa shape index (κ2) is 8.22. The molecule has 0 aliphatic rings. The number of benzene rings is 2. The van der Waals surface area contributed by atoms with Crippen molar-refractivity contribution >= 4 is 40.0 Å². The maximum atomic E-state index is 12.5. The van der Waals surface area contributed by atoms with Gasteiger partial charge in [-0.15, -0.1) is 0 Å². The highest BCUT2D eigenvalue weighted by atomic mass is 35.5. The molecule has 0 aliphatic heterocycles. The normalized spacial score (nSPS) is 11.7. The molecule has 1 atom stereocenters. The van der Waals surface area contributed by atoms with Gasteiger partial charge in [-0.05, 0) is 43.3 Å². The van der Waals surface area contributed by atoms with E-state index in [-0.39, 0.29) is 5.91 Å². The van der Waals surface area contributed by atoms with Crippen LogP contribution in [0.15, 0.2) is 42.5 Å². The van der Waals surface area contributed by atoms with Gasteiger partial charge in [-0.3, -0.25) is 9.59 Å². The van der Waals surface area contributed by atoms with Crippen LogP contribution >= 0.6 is 11.6 Å². The highest BCUT2D eigenvalue weighted by Gasteiger charge is 2.19. The number of halogens is 1. The van der Waals surface area contributed by atoms with Crippen LogP contribution in [0.5, 0.6) is 11.5 Å². The van der Waals surface area contributed by atoms with Crippen LogP contribution in [0.2, 0.25) is 5.02 Å². The number of carbonyl (C=O) groups excluding carboxylic acids is 2. The van der Waals surface area contributed by atoms with Gasteiger partial charge in [0.1, 0.15) is 23.2 Å². The summed E-state index contributed by atoms with van der Waals surface area (Å²) in [5.74, 6) is 0.405. The van der Waals surface area contributed by atoms with Crippen LogP contribution in [0, 0.1) is 0 Å². The monoisotopic (exact) mass is 401 g/mol. The molecule has 0 unspecified atom stereocenters. The van der Waals surface area contributed by atoms with E-state index in [0.29, 0.717) is 27.9 Å². The van der Waals surface area contributed by atoms with Gasteiger partial charge in [0.25, 0.3) is 5.91 Å². The number of ether oxygens (including phenoxy) is 2. The average molecular weight is 402 g/mol. The minimum atomic E-state index is -0.762. The van der Waals surface area contributed by atoms with Gasteiger partial charge in [-0.25, -0.2) is 0 Å². The third-order valence-corrected chi connectivity index (χ3v) is 4.54. The van der Waals surface area contributed by atoms with E-state index in [4.69, 9.17) is 21.1 Å². The molecule has 3 aromatic rings. The molecule has 0 radical (unpaired) electrons. The first-order valence-electron chi connectivity index (χ1n) is 8.54. The van der Waals surface area contributed by atoms with Crippen LogP contribution in [0.4, 0.5) is 5.69 Å². The molecule has 28 heavy (non-hydrogen) atoms. The molecule has 0 aliphatic carbocycles. The number of aromatic nitrogens is 1. The largest absolute Gasteiger partial charge is 0.496 e. The molecular formula is C20H20ClN3O4. The maximum Gasteiger partial charge on any atom is 0.268 e. The Balaban J connectivity index is 1.68. The quantitative estimate of drug-likeness (QED) is 0.588. The fourth-order valence-corrected chi connectivity index (χ4v) is 3.02. The highest BCUT2D eigenvalue weighted by molar-refractivity contribution is 6.32. The summed E-state index contributed by atoms with van der Waals surface area (Å²) in [4.78, 5) is 27.9. The van der Waals surface area contributed by atoms with E-state index < -0.39 is 11.9 Å². The first-order chi connectivity index (χ1) is 13.4. The molecule has 7 nitrogen and oxygen atoms in total. The number of aromatic amines is 1. The first-order valence-corrected chi connectivity index (χ1v) is 8.91. The van der Waals surface area contributed by atoms with Crippen molar-refractivity contribution < 1.29 is 19.1 Å². The van der Waals surface area contributed by atoms with E-state index in [9.17, 15) is 9.59 Å². The fraction of sp³-hybridized carbons (Fsp3) is 0.200. The number of methoxy groups -OCH3 is 2. The van der Waals surface area contributed by atoms with Gasteiger partial charge in [0.15, 0.2) is 0 Å². The lowest BCUT2D eigenvalue weighted by Gasteiger charge is -2.14. The standard InChI is InChI=1S/C20H20ClN3O4/c1-11(19(25)23-12-7-8-18(28-3)14(21)9-12)22-20(26)16-10-13-15(24-16)5-4-6-17(13)27-2/h4-11,24H,1-3H3,(H,22,26)(H,23,25)/t11-/m1/s1. The van der Waals surface area contributed by atoms with Gasteiger partial charge in [0.2, 0.25) is 5.91 Å². The summed E-state index contributed by atoms with van der Waals surface area (Å²) in [7, 11) is 3.08. The van der Waals surface area contributed by atoms with Gasteiger partial charge >= 0.3 is 0 Å². The maximum absolute atomic E-state index is 12.5. The highest BCUT2D eigenvalue weighted by Crippen LogP contribution is 2.27. The molecule has 0 saturated carbocycles. The van der Waals surface area contributed by atoms with Crippen molar-refractivity contribution in [3.8, 4) is 11.5 Å². The number of rotatable bonds is 6. The van der Waals surface area contributed by atoms with E-state index in [0.717, 1.165) is 10.9 Å². The molecule has 0 saturated heterocycles. The van der Waals surface area contributed by atoms with Crippen molar-refractivity contribution in [1.29, 1.82) is 0 Å². The minimum absolute atomic E-state index is 0.339. The minimum Gasteiger partial charge on any atom is -0.496 e. The van der Waals surface area contributed by atoms with Crippen molar-refractivity contribution in [2.45, 2.75) is 13.0 Å². The predicted molar refractivity (Wildman–Crippen MR) is 108 cm³/mol. The van der Waals surface area contributed by atoms with Crippen LogP contribution in [-0.4, -0.2) is 37.1 Å². The van der Waals surface area contributed by atoms with Crippen molar-refractivity contribution in [1.82, 2.24) is 10.3 Å². The van der Waals surface area contributed by atoms with E-state index >= 15 is 0 Å². The summed E-state index contributed by atoms with van der Waals surface area (Å²) in [6.07, 6.45) is 0. The average Bonchev–Trinajstić information content (AvgIpc) is 3.12. The number of nitrogens with one attached hydrogen (secondary N) is 3. The Labute approximate surface area is 167 Å². The molecule has 0 fully saturated rings. The SMILES string of the molecule is COc1ccc(NC(=O)[C@@H](C)NC(=O)c2cc3c(OC)cccc3[nH]2)cc1Cl. The zero-order chi connectivity index (χ0) is 20.3. The number of H-pyrrole nitrogens is 1. The van der Waals surface area contributed by atoms with Crippen LogP contribution < -0.4 is 20.1 Å². The summed E-state index contributed by atoms with van der Waals surface area (Å²) in [5, 5.41) is 6.55. The number of hydrogen-bond acceptors (Lipinski definition) is 4. The molecular weight excluding hydrogens is 382 g/mol. The Morgan fingerprint density at radius 2 is 1.82 bits per heavy atom. The second-order valence-electron chi connectivity index (χ2n) is 6.14. The number of anilines is 1. The Kier molecular flexibility index (Phi) is 5.75. The van der Waals surface area contributed by atoms with E-state index in [1.54, 1.807) is 38.3 Å². The molecule has 2 aromatic carbocycles. The molecule has 8 heteroatoms. The summed E-state index contributed by atoms with van der Waals surface area (Å²) in [6, 6.07) is 11.3. The predicted octanol–water partition coefficient (Wildman–Crippen LogP) is 3.60. The van der Waals surface area contributed by atoms with Crippen molar-refractivity contribution in [2.75, 3.05) is 19.5 Å². The third kappa shape index (κ3) is 4.04. The first kappa shape index (κ1) is 19.6. The molecule has 2 amide bonds.